The van der Waals surface area contributed by atoms with Gasteiger partial charge in [0, 0.05) is 33.0 Å². The van der Waals surface area contributed by atoms with Crippen LogP contribution in [0.1, 0.15) is 35.0 Å². The minimum Gasteiger partial charge on any atom is -0.443 e. The van der Waals surface area contributed by atoms with Crippen LogP contribution in [0, 0.1) is 18.3 Å². The molecular formula is C18H22N4O3. The lowest BCUT2D eigenvalue weighted by Gasteiger charge is -2.23. The summed E-state index contributed by atoms with van der Waals surface area (Å²) in [5.74, 6) is 0.132. The van der Waals surface area contributed by atoms with Crippen molar-refractivity contribution < 1.29 is 14.0 Å². The summed E-state index contributed by atoms with van der Waals surface area (Å²) in [5.41, 5.74) is 0.392. The molecule has 0 saturated carbocycles. The van der Waals surface area contributed by atoms with Gasteiger partial charge < -0.3 is 14.2 Å². The van der Waals surface area contributed by atoms with E-state index >= 15 is 0 Å². The summed E-state index contributed by atoms with van der Waals surface area (Å²) in [6.45, 7) is 3.97. The quantitative estimate of drug-likeness (QED) is 0.806. The number of amides is 2. The Bertz CT molecular complexity index is 797. The molecule has 0 bridgehead atoms. The highest BCUT2D eigenvalue weighted by Gasteiger charge is 2.29. The molecule has 0 aliphatic heterocycles. The van der Waals surface area contributed by atoms with Crippen molar-refractivity contribution in [1.29, 1.82) is 5.26 Å². The van der Waals surface area contributed by atoms with Crippen molar-refractivity contribution >= 4 is 11.8 Å². The van der Waals surface area contributed by atoms with Gasteiger partial charge in [-0.3, -0.25) is 14.2 Å². The van der Waals surface area contributed by atoms with Crippen LogP contribution in [0.4, 0.5) is 0 Å². The molecule has 0 atom stereocenters. The Kier molecular flexibility index (Phi) is 5.65. The first-order valence-corrected chi connectivity index (χ1v) is 8.06. The van der Waals surface area contributed by atoms with Crippen molar-refractivity contribution in [2.75, 3.05) is 27.2 Å². The monoisotopic (exact) mass is 342 g/mol. The fraction of sp³-hybridized carbons (Fsp3) is 0.389. The second-order valence-corrected chi connectivity index (χ2v) is 5.93. The van der Waals surface area contributed by atoms with Gasteiger partial charge in [0.15, 0.2) is 0 Å². The molecule has 0 unspecified atom stereocenters. The molecule has 0 aliphatic rings. The Labute approximate surface area is 147 Å². The number of furan rings is 1. The minimum absolute atomic E-state index is 0.0337. The normalized spacial score (nSPS) is 10.4. The molecule has 2 amide bonds. The standard InChI is InChI=1S/C18H22N4O3/c1-5-8-22(12-15(23)20(3)4)17(24)16-13(2)25-18(14(16)11-19)21-9-6-7-10-21/h6-7,9-10H,5,8,12H2,1-4H3. The first-order chi connectivity index (χ1) is 11.9. The summed E-state index contributed by atoms with van der Waals surface area (Å²) in [5, 5.41) is 9.57. The summed E-state index contributed by atoms with van der Waals surface area (Å²) in [6, 6.07) is 5.68. The van der Waals surface area contributed by atoms with Gasteiger partial charge in [-0.05, 0) is 25.5 Å². The summed E-state index contributed by atoms with van der Waals surface area (Å²) in [7, 11) is 3.29. The minimum atomic E-state index is -0.367. The molecular weight excluding hydrogens is 320 g/mol. The lowest BCUT2D eigenvalue weighted by molar-refractivity contribution is -0.129. The lowest BCUT2D eigenvalue weighted by Crippen LogP contribution is -2.41. The number of hydrogen-bond acceptors (Lipinski definition) is 4. The van der Waals surface area contributed by atoms with Crippen molar-refractivity contribution in [2.24, 2.45) is 0 Å². The van der Waals surface area contributed by atoms with E-state index in [-0.39, 0.29) is 29.5 Å². The third-order valence-electron chi connectivity index (χ3n) is 3.84. The number of aryl methyl sites for hydroxylation is 1. The lowest BCUT2D eigenvalue weighted by atomic mass is 10.1. The van der Waals surface area contributed by atoms with Gasteiger partial charge in [-0.1, -0.05) is 6.92 Å². The highest BCUT2D eigenvalue weighted by atomic mass is 16.4. The van der Waals surface area contributed by atoms with E-state index in [2.05, 4.69) is 6.07 Å². The average Bonchev–Trinajstić information content (AvgIpc) is 3.20. The zero-order valence-electron chi connectivity index (χ0n) is 14.9. The van der Waals surface area contributed by atoms with Crippen LogP contribution < -0.4 is 0 Å². The molecule has 2 aromatic heterocycles. The van der Waals surface area contributed by atoms with E-state index in [0.717, 1.165) is 0 Å². The topological polar surface area (TPSA) is 82.5 Å². The number of likely N-dealkylation sites (N-methyl/N-ethyl adjacent to an activating group) is 1. The van der Waals surface area contributed by atoms with Crippen LogP contribution in [0.25, 0.3) is 5.88 Å². The fourth-order valence-corrected chi connectivity index (χ4v) is 2.53. The van der Waals surface area contributed by atoms with E-state index < -0.39 is 0 Å². The van der Waals surface area contributed by atoms with Crippen LogP contribution in [-0.2, 0) is 4.79 Å². The third-order valence-corrected chi connectivity index (χ3v) is 3.84. The van der Waals surface area contributed by atoms with Crippen molar-refractivity contribution in [3.63, 3.8) is 0 Å². The molecule has 7 nitrogen and oxygen atoms in total. The first-order valence-electron chi connectivity index (χ1n) is 8.06. The molecule has 2 aromatic rings. The molecule has 0 N–H and O–H groups in total. The predicted octanol–water partition coefficient (Wildman–Crippen LogP) is 2.19. The van der Waals surface area contributed by atoms with Gasteiger partial charge in [0.25, 0.3) is 5.91 Å². The summed E-state index contributed by atoms with van der Waals surface area (Å²) in [4.78, 5) is 27.9. The van der Waals surface area contributed by atoms with Crippen LogP contribution in [0.15, 0.2) is 28.9 Å². The largest absolute Gasteiger partial charge is 0.443 e. The van der Waals surface area contributed by atoms with E-state index in [4.69, 9.17) is 4.42 Å². The summed E-state index contributed by atoms with van der Waals surface area (Å²) >= 11 is 0. The van der Waals surface area contributed by atoms with E-state index in [1.165, 1.54) is 9.80 Å². The number of hydrogen-bond donors (Lipinski definition) is 0. The summed E-state index contributed by atoms with van der Waals surface area (Å²) < 4.78 is 7.33. The van der Waals surface area contributed by atoms with Crippen molar-refractivity contribution in [1.82, 2.24) is 14.4 Å². The van der Waals surface area contributed by atoms with Gasteiger partial charge in [0.1, 0.15) is 29.5 Å². The molecule has 25 heavy (non-hydrogen) atoms. The van der Waals surface area contributed by atoms with Gasteiger partial charge >= 0.3 is 0 Å². The van der Waals surface area contributed by atoms with Crippen LogP contribution in [0.3, 0.4) is 0 Å². The number of nitrogens with zero attached hydrogens (tertiary/aromatic N) is 4. The molecule has 0 radical (unpaired) electrons. The second kappa shape index (κ2) is 7.71. The van der Waals surface area contributed by atoms with E-state index in [9.17, 15) is 14.9 Å². The fourth-order valence-electron chi connectivity index (χ4n) is 2.53. The maximum atomic E-state index is 13.0. The van der Waals surface area contributed by atoms with E-state index in [1.54, 1.807) is 50.1 Å². The number of aromatic nitrogens is 1. The van der Waals surface area contributed by atoms with Crippen molar-refractivity contribution in [3.05, 3.63) is 41.4 Å². The van der Waals surface area contributed by atoms with Crippen LogP contribution >= 0.6 is 0 Å². The van der Waals surface area contributed by atoms with Crippen molar-refractivity contribution in [2.45, 2.75) is 20.3 Å². The van der Waals surface area contributed by atoms with Crippen LogP contribution in [0.2, 0.25) is 0 Å². The van der Waals surface area contributed by atoms with Crippen molar-refractivity contribution in [3.8, 4) is 12.0 Å². The maximum absolute atomic E-state index is 13.0. The zero-order valence-corrected chi connectivity index (χ0v) is 14.9. The average molecular weight is 342 g/mol. The Hall–Kier alpha value is -3.01. The molecule has 0 saturated heterocycles. The van der Waals surface area contributed by atoms with Gasteiger partial charge in [0.05, 0.1) is 0 Å². The molecule has 132 valence electrons. The Morgan fingerprint density at radius 3 is 2.44 bits per heavy atom. The molecule has 0 spiro atoms. The SMILES string of the molecule is CCCN(CC(=O)N(C)C)C(=O)c1c(C)oc(-n2cccc2)c1C#N. The molecule has 0 aliphatic carbocycles. The molecule has 7 heteroatoms. The van der Waals surface area contributed by atoms with Gasteiger partial charge in [-0.15, -0.1) is 0 Å². The highest BCUT2D eigenvalue weighted by molar-refractivity contribution is 6.00. The van der Waals surface area contributed by atoms with Crippen LogP contribution in [-0.4, -0.2) is 53.4 Å². The molecule has 2 heterocycles. The number of carbonyl (C=O) groups excluding carboxylic acids is 2. The number of rotatable bonds is 6. The Morgan fingerprint density at radius 1 is 1.28 bits per heavy atom. The van der Waals surface area contributed by atoms with E-state index in [1.807, 2.05) is 6.92 Å². The molecule has 0 fully saturated rings. The zero-order chi connectivity index (χ0) is 18.6. The Balaban J connectivity index is 2.43. The van der Waals surface area contributed by atoms with Gasteiger partial charge in [-0.2, -0.15) is 5.26 Å². The summed E-state index contributed by atoms with van der Waals surface area (Å²) in [6.07, 6.45) is 4.19. The van der Waals surface area contributed by atoms with Gasteiger partial charge in [0.2, 0.25) is 11.8 Å². The number of nitriles is 1. The van der Waals surface area contributed by atoms with E-state index in [0.29, 0.717) is 24.6 Å². The first kappa shape index (κ1) is 18.3. The Morgan fingerprint density at radius 2 is 1.92 bits per heavy atom. The molecule has 2 rings (SSSR count). The predicted molar refractivity (Wildman–Crippen MR) is 92.4 cm³/mol. The maximum Gasteiger partial charge on any atom is 0.259 e. The van der Waals surface area contributed by atoms with Gasteiger partial charge in [-0.25, -0.2) is 0 Å². The molecule has 0 aromatic carbocycles. The number of carbonyl (C=O) groups is 2. The van der Waals surface area contributed by atoms with Crippen LogP contribution in [0.5, 0.6) is 0 Å². The second-order valence-electron chi connectivity index (χ2n) is 5.93. The smallest absolute Gasteiger partial charge is 0.259 e. The third kappa shape index (κ3) is 3.74. The highest BCUT2D eigenvalue weighted by Crippen LogP contribution is 2.26.